The molecule has 0 spiro atoms. The molecule has 1 N–H and O–H groups in total. The van der Waals surface area contributed by atoms with Crippen LogP contribution in [-0.4, -0.2) is 38.3 Å². The van der Waals surface area contributed by atoms with E-state index in [0.29, 0.717) is 17.7 Å². The van der Waals surface area contributed by atoms with Crippen LogP contribution in [0.15, 0.2) is 29.2 Å². The van der Waals surface area contributed by atoms with E-state index in [0.717, 1.165) is 28.3 Å². The van der Waals surface area contributed by atoms with E-state index in [1.807, 2.05) is 24.3 Å². The number of hydrogen-bond acceptors (Lipinski definition) is 3. The molecule has 1 saturated carbocycles. The first-order valence-corrected chi connectivity index (χ1v) is 8.95. The highest BCUT2D eigenvalue weighted by molar-refractivity contribution is 7.93. The zero-order chi connectivity index (χ0) is 15.7. The Morgan fingerprint density at radius 1 is 1.27 bits per heavy atom. The third-order valence-electron chi connectivity index (χ3n) is 4.06. The fraction of sp³-hybridized carbons (Fsp3) is 0.438. The van der Waals surface area contributed by atoms with Crippen molar-refractivity contribution in [3.8, 4) is 0 Å². The number of allylic oxidation sites excluding steroid dienone is 1. The van der Waals surface area contributed by atoms with Crippen molar-refractivity contribution in [3.63, 3.8) is 0 Å². The number of aryl methyl sites for hydroxylation is 1. The van der Waals surface area contributed by atoms with Crippen LogP contribution < -0.4 is 5.32 Å². The number of fused-ring (bicyclic) bond motifs is 1. The summed E-state index contributed by atoms with van der Waals surface area (Å²) in [4.78, 5) is 12.2. The smallest absolute Gasteiger partial charge is 0.239 e. The maximum absolute atomic E-state index is 12.6. The summed E-state index contributed by atoms with van der Waals surface area (Å²) in [5, 5.41) is 2.81. The lowest BCUT2D eigenvalue weighted by molar-refractivity contribution is -0.121. The minimum absolute atomic E-state index is 0.127. The van der Waals surface area contributed by atoms with Crippen LogP contribution in [-0.2, 0) is 21.2 Å². The number of nitrogens with one attached hydrogen (secondary N) is 1. The quantitative estimate of drug-likeness (QED) is 0.894. The topological polar surface area (TPSA) is 66.5 Å². The predicted molar refractivity (Wildman–Crippen MR) is 85.5 cm³/mol. The van der Waals surface area contributed by atoms with E-state index < -0.39 is 10.0 Å². The lowest BCUT2D eigenvalue weighted by Gasteiger charge is -2.22. The maximum Gasteiger partial charge on any atom is 0.239 e. The third kappa shape index (κ3) is 3.23. The zero-order valence-electron chi connectivity index (χ0n) is 12.6. The molecule has 0 aromatic heterocycles. The lowest BCUT2D eigenvalue weighted by Crippen LogP contribution is -2.39. The Morgan fingerprint density at radius 3 is 2.73 bits per heavy atom. The number of benzene rings is 1. The number of carbonyl (C=O) groups is 1. The molecular weight excluding hydrogens is 300 g/mol. The standard InChI is InChI=1S/C16H20N2O3S/c1-18(11-16(19)17-14-7-8-14)22(20,21)15-9-6-12-4-2-3-5-13(12)10-15/h2-5,10,14H,6-9,11H2,1H3,(H,17,19). The first-order chi connectivity index (χ1) is 10.5. The monoisotopic (exact) mass is 320 g/mol. The van der Waals surface area contributed by atoms with E-state index in [4.69, 9.17) is 0 Å². The van der Waals surface area contributed by atoms with E-state index in [2.05, 4.69) is 5.32 Å². The zero-order valence-corrected chi connectivity index (χ0v) is 13.4. The van der Waals surface area contributed by atoms with Gasteiger partial charge in [-0.05, 0) is 42.9 Å². The largest absolute Gasteiger partial charge is 0.352 e. The Bertz CT molecular complexity index is 721. The molecule has 3 rings (SSSR count). The van der Waals surface area contributed by atoms with Gasteiger partial charge in [-0.3, -0.25) is 4.79 Å². The van der Waals surface area contributed by atoms with Crippen LogP contribution in [0.5, 0.6) is 0 Å². The molecule has 1 amide bonds. The molecule has 6 heteroatoms. The van der Waals surface area contributed by atoms with Gasteiger partial charge < -0.3 is 5.32 Å². The van der Waals surface area contributed by atoms with Gasteiger partial charge in [0.15, 0.2) is 0 Å². The van der Waals surface area contributed by atoms with Gasteiger partial charge in [-0.25, -0.2) is 8.42 Å². The molecule has 0 unspecified atom stereocenters. The summed E-state index contributed by atoms with van der Waals surface area (Å²) in [6.07, 6.45) is 4.90. The first-order valence-electron chi connectivity index (χ1n) is 7.51. The van der Waals surface area contributed by atoms with Crippen LogP contribution in [0, 0.1) is 0 Å². The van der Waals surface area contributed by atoms with Crippen molar-refractivity contribution in [2.45, 2.75) is 31.7 Å². The maximum atomic E-state index is 12.6. The van der Waals surface area contributed by atoms with Gasteiger partial charge in [0.2, 0.25) is 15.9 Å². The second-order valence-electron chi connectivity index (χ2n) is 5.91. The van der Waals surface area contributed by atoms with Crippen molar-refractivity contribution >= 4 is 22.0 Å². The van der Waals surface area contributed by atoms with Crippen molar-refractivity contribution in [1.82, 2.24) is 9.62 Å². The Hall–Kier alpha value is -1.66. The average Bonchev–Trinajstić information content (AvgIpc) is 3.30. The molecular formula is C16H20N2O3S. The molecule has 5 nitrogen and oxygen atoms in total. The van der Waals surface area contributed by atoms with E-state index in [1.165, 1.54) is 7.05 Å². The minimum atomic E-state index is -3.58. The molecule has 1 aromatic rings. The Morgan fingerprint density at radius 2 is 2.00 bits per heavy atom. The van der Waals surface area contributed by atoms with Gasteiger partial charge in [-0.1, -0.05) is 24.3 Å². The van der Waals surface area contributed by atoms with Crippen molar-refractivity contribution < 1.29 is 13.2 Å². The summed E-state index contributed by atoms with van der Waals surface area (Å²) in [5.41, 5.74) is 2.11. The van der Waals surface area contributed by atoms with Crippen LogP contribution in [0.3, 0.4) is 0 Å². The summed E-state index contributed by atoms with van der Waals surface area (Å²) in [5.74, 6) is -0.231. The molecule has 0 bridgehead atoms. The van der Waals surface area contributed by atoms with Crippen LogP contribution in [0.1, 0.15) is 30.4 Å². The molecule has 2 aliphatic carbocycles. The second kappa shape index (κ2) is 5.85. The molecule has 1 fully saturated rings. The molecule has 0 saturated heterocycles. The van der Waals surface area contributed by atoms with E-state index in [9.17, 15) is 13.2 Å². The van der Waals surface area contributed by atoms with Crippen molar-refractivity contribution in [3.05, 3.63) is 40.3 Å². The molecule has 0 heterocycles. The van der Waals surface area contributed by atoms with Gasteiger partial charge in [0.25, 0.3) is 0 Å². The first kappa shape index (κ1) is 15.2. The highest BCUT2D eigenvalue weighted by atomic mass is 32.2. The number of rotatable bonds is 5. The van der Waals surface area contributed by atoms with Gasteiger partial charge >= 0.3 is 0 Å². The molecule has 22 heavy (non-hydrogen) atoms. The Labute approximate surface area is 131 Å². The lowest BCUT2D eigenvalue weighted by atomic mass is 9.98. The van der Waals surface area contributed by atoms with E-state index in [1.54, 1.807) is 6.08 Å². The van der Waals surface area contributed by atoms with Crippen LogP contribution in [0.25, 0.3) is 6.08 Å². The Kier molecular flexibility index (Phi) is 4.06. The molecule has 118 valence electrons. The molecule has 0 radical (unpaired) electrons. The highest BCUT2D eigenvalue weighted by Gasteiger charge is 2.29. The van der Waals surface area contributed by atoms with Gasteiger partial charge in [0.1, 0.15) is 0 Å². The van der Waals surface area contributed by atoms with Crippen LogP contribution in [0.4, 0.5) is 0 Å². The van der Waals surface area contributed by atoms with Crippen molar-refractivity contribution in [1.29, 1.82) is 0 Å². The number of likely N-dealkylation sites (N-methyl/N-ethyl adjacent to an activating group) is 1. The SMILES string of the molecule is CN(CC(=O)NC1CC1)S(=O)(=O)C1=Cc2ccccc2CC1. The normalized spacial score (nSPS) is 17.8. The molecule has 1 aromatic carbocycles. The second-order valence-corrected chi connectivity index (χ2v) is 8.01. The summed E-state index contributed by atoms with van der Waals surface area (Å²) in [7, 11) is -2.12. The van der Waals surface area contributed by atoms with Gasteiger partial charge in [-0.2, -0.15) is 4.31 Å². The summed E-state index contributed by atoms with van der Waals surface area (Å²) in [6.45, 7) is -0.127. The predicted octanol–water partition coefficient (Wildman–Crippen LogP) is 1.51. The Balaban J connectivity index is 1.74. The number of hydrogen-bond donors (Lipinski definition) is 1. The third-order valence-corrected chi connectivity index (χ3v) is 6.00. The van der Waals surface area contributed by atoms with Crippen LogP contribution >= 0.6 is 0 Å². The van der Waals surface area contributed by atoms with Gasteiger partial charge in [0.05, 0.1) is 11.4 Å². The summed E-state index contributed by atoms with van der Waals surface area (Å²) >= 11 is 0. The van der Waals surface area contributed by atoms with Crippen LogP contribution in [0.2, 0.25) is 0 Å². The summed E-state index contributed by atoms with van der Waals surface area (Å²) in [6, 6.07) is 8.04. The summed E-state index contributed by atoms with van der Waals surface area (Å²) < 4.78 is 26.4. The average molecular weight is 320 g/mol. The molecule has 2 aliphatic rings. The van der Waals surface area contributed by atoms with Gasteiger partial charge in [-0.15, -0.1) is 0 Å². The van der Waals surface area contributed by atoms with Crippen molar-refractivity contribution in [2.75, 3.05) is 13.6 Å². The number of amides is 1. The fourth-order valence-corrected chi connectivity index (χ4v) is 3.92. The van der Waals surface area contributed by atoms with E-state index in [-0.39, 0.29) is 18.5 Å². The molecule has 0 atom stereocenters. The number of carbonyl (C=O) groups excluding carboxylic acids is 1. The van der Waals surface area contributed by atoms with Crippen molar-refractivity contribution in [2.24, 2.45) is 0 Å². The molecule has 0 aliphatic heterocycles. The number of sulfonamides is 1. The number of nitrogens with zero attached hydrogens (tertiary/aromatic N) is 1. The fourth-order valence-electron chi connectivity index (χ4n) is 2.60. The minimum Gasteiger partial charge on any atom is -0.352 e. The highest BCUT2D eigenvalue weighted by Crippen LogP contribution is 2.28. The van der Waals surface area contributed by atoms with E-state index >= 15 is 0 Å². The van der Waals surface area contributed by atoms with Gasteiger partial charge in [0, 0.05) is 13.1 Å².